The van der Waals surface area contributed by atoms with E-state index in [4.69, 9.17) is 10.5 Å². The average molecular weight is 307 g/mol. The molecule has 0 radical (unpaired) electrons. The fourth-order valence-electron chi connectivity index (χ4n) is 2.27. The zero-order valence-corrected chi connectivity index (χ0v) is 13.0. The quantitative estimate of drug-likeness (QED) is 0.790. The van der Waals surface area contributed by atoms with Crippen molar-refractivity contribution in [3.05, 3.63) is 21.9 Å². The van der Waals surface area contributed by atoms with Crippen molar-refractivity contribution in [3.8, 4) is 11.8 Å². The van der Waals surface area contributed by atoms with Crippen molar-refractivity contribution < 1.29 is 9.53 Å². The number of rotatable bonds is 4. The smallest absolute Gasteiger partial charge is 0.239 e. The Bertz CT molecular complexity index is 533. The second-order valence-electron chi connectivity index (χ2n) is 4.72. The van der Waals surface area contributed by atoms with Gasteiger partial charge >= 0.3 is 0 Å². The van der Waals surface area contributed by atoms with Gasteiger partial charge in [0.1, 0.15) is 6.04 Å². The Kier molecular flexibility index (Phi) is 6.21. The van der Waals surface area contributed by atoms with E-state index in [2.05, 4.69) is 22.1 Å². The van der Waals surface area contributed by atoms with Crippen LogP contribution < -0.4 is 11.1 Å². The van der Waals surface area contributed by atoms with E-state index in [-0.39, 0.29) is 11.9 Å². The Labute approximate surface area is 129 Å². The highest BCUT2D eigenvalue weighted by Gasteiger charge is 2.29. The molecule has 1 aliphatic rings. The minimum atomic E-state index is -0.226. The van der Waals surface area contributed by atoms with E-state index in [9.17, 15) is 4.79 Å². The van der Waals surface area contributed by atoms with Crippen LogP contribution in [0.2, 0.25) is 0 Å². The molecular weight excluding hydrogens is 286 g/mol. The summed E-state index contributed by atoms with van der Waals surface area (Å²) in [6.07, 6.45) is 0. The molecule has 5 nitrogen and oxygen atoms in total. The topological polar surface area (TPSA) is 67.6 Å². The minimum absolute atomic E-state index is 0.0309. The van der Waals surface area contributed by atoms with E-state index in [1.54, 1.807) is 11.3 Å². The fourth-order valence-corrected chi connectivity index (χ4v) is 3.12. The van der Waals surface area contributed by atoms with Gasteiger partial charge in [0.15, 0.2) is 0 Å². The van der Waals surface area contributed by atoms with Crippen LogP contribution in [-0.2, 0) is 16.1 Å². The van der Waals surface area contributed by atoms with E-state index in [0.717, 1.165) is 18.7 Å². The number of likely N-dealkylation sites (N-methyl/N-ethyl adjacent to an activating group) is 1. The largest absolute Gasteiger partial charge is 0.378 e. The molecule has 0 bridgehead atoms. The standard InChI is InChI=1S/C15H21N3O2S/c1-2-17-15(19)13-11-20-8-7-18(13)10-14-12(4-3-6-16)5-9-21-14/h5,9,13H,2,6-8,10-11,16H2,1H3,(H,17,19). The van der Waals surface area contributed by atoms with Crippen molar-refractivity contribution in [1.29, 1.82) is 0 Å². The molecule has 2 heterocycles. The highest BCUT2D eigenvalue weighted by Crippen LogP contribution is 2.20. The highest BCUT2D eigenvalue weighted by molar-refractivity contribution is 7.10. The molecule has 1 saturated heterocycles. The molecule has 1 atom stereocenters. The molecule has 1 aromatic heterocycles. The molecule has 2 rings (SSSR count). The monoisotopic (exact) mass is 307 g/mol. The van der Waals surface area contributed by atoms with Crippen LogP contribution in [0.4, 0.5) is 0 Å². The number of morpholine rings is 1. The third kappa shape index (κ3) is 4.29. The van der Waals surface area contributed by atoms with Crippen LogP contribution in [0, 0.1) is 11.8 Å². The van der Waals surface area contributed by atoms with Gasteiger partial charge in [0.25, 0.3) is 0 Å². The van der Waals surface area contributed by atoms with Crippen LogP contribution in [0.3, 0.4) is 0 Å². The summed E-state index contributed by atoms with van der Waals surface area (Å²) in [5.41, 5.74) is 6.43. The van der Waals surface area contributed by atoms with Crippen molar-refractivity contribution in [1.82, 2.24) is 10.2 Å². The number of nitrogens with zero attached hydrogens (tertiary/aromatic N) is 1. The van der Waals surface area contributed by atoms with Crippen LogP contribution in [0.25, 0.3) is 0 Å². The van der Waals surface area contributed by atoms with Gasteiger partial charge in [-0.2, -0.15) is 0 Å². The van der Waals surface area contributed by atoms with E-state index in [1.165, 1.54) is 4.88 Å². The Morgan fingerprint density at radius 1 is 1.67 bits per heavy atom. The number of carbonyl (C=O) groups excluding carboxylic acids is 1. The summed E-state index contributed by atoms with van der Waals surface area (Å²) in [6, 6.07) is 1.78. The summed E-state index contributed by atoms with van der Waals surface area (Å²) < 4.78 is 5.45. The molecule has 0 spiro atoms. The lowest BCUT2D eigenvalue weighted by atomic mass is 10.1. The summed E-state index contributed by atoms with van der Waals surface area (Å²) in [4.78, 5) is 15.5. The summed E-state index contributed by atoms with van der Waals surface area (Å²) in [6.45, 7) is 5.49. The normalized spacial score (nSPS) is 18.9. The lowest BCUT2D eigenvalue weighted by Gasteiger charge is -2.34. The van der Waals surface area contributed by atoms with Gasteiger partial charge < -0.3 is 15.8 Å². The van der Waals surface area contributed by atoms with Gasteiger partial charge in [-0.1, -0.05) is 11.8 Å². The molecule has 3 N–H and O–H groups in total. The number of amides is 1. The lowest BCUT2D eigenvalue weighted by Crippen LogP contribution is -2.53. The molecule has 1 aromatic rings. The number of hydrogen-bond donors (Lipinski definition) is 2. The predicted molar refractivity (Wildman–Crippen MR) is 84.0 cm³/mol. The fraction of sp³-hybridized carbons (Fsp3) is 0.533. The Balaban J connectivity index is 2.09. The average Bonchev–Trinajstić information content (AvgIpc) is 2.93. The van der Waals surface area contributed by atoms with Crippen LogP contribution >= 0.6 is 11.3 Å². The first kappa shape index (κ1) is 16.0. The van der Waals surface area contributed by atoms with Crippen LogP contribution in [0.1, 0.15) is 17.4 Å². The highest BCUT2D eigenvalue weighted by atomic mass is 32.1. The maximum Gasteiger partial charge on any atom is 0.239 e. The number of hydrogen-bond acceptors (Lipinski definition) is 5. The first-order valence-electron chi connectivity index (χ1n) is 7.11. The van der Waals surface area contributed by atoms with E-state index in [1.807, 2.05) is 18.4 Å². The van der Waals surface area contributed by atoms with Crippen LogP contribution in [0.15, 0.2) is 11.4 Å². The first-order chi connectivity index (χ1) is 10.3. The second kappa shape index (κ2) is 8.15. The van der Waals surface area contributed by atoms with Crippen molar-refractivity contribution in [2.24, 2.45) is 5.73 Å². The molecule has 0 aliphatic carbocycles. The molecular formula is C15H21N3O2S. The maximum absolute atomic E-state index is 12.1. The third-order valence-electron chi connectivity index (χ3n) is 3.31. The second-order valence-corrected chi connectivity index (χ2v) is 5.72. The van der Waals surface area contributed by atoms with Crippen molar-refractivity contribution >= 4 is 17.2 Å². The van der Waals surface area contributed by atoms with Crippen LogP contribution in [0.5, 0.6) is 0 Å². The number of carbonyl (C=O) groups is 1. The summed E-state index contributed by atoms with van der Waals surface area (Å²) in [7, 11) is 0. The van der Waals surface area contributed by atoms with Gasteiger partial charge in [-0.3, -0.25) is 9.69 Å². The van der Waals surface area contributed by atoms with Crippen molar-refractivity contribution in [3.63, 3.8) is 0 Å². The molecule has 0 aromatic carbocycles. The van der Waals surface area contributed by atoms with E-state index >= 15 is 0 Å². The molecule has 6 heteroatoms. The number of nitrogens with one attached hydrogen (secondary N) is 1. The zero-order valence-electron chi connectivity index (χ0n) is 12.2. The Hall–Kier alpha value is -1.39. The molecule has 0 saturated carbocycles. The first-order valence-corrected chi connectivity index (χ1v) is 7.99. The van der Waals surface area contributed by atoms with E-state index < -0.39 is 0 Å². The number of thiophene rings is 1. The van der Waals surface area contributed by atoms with Crippen molar-refractivity contribution in [2.45, 2.75) is 19.5 Å². The molecule has 1 unspecified atom stereocenters. The Morgan fingerprint density at radius 3 is 3.29 bits per heavy atom. The zero-order chi connectivity index (χ0) is 15.1. The lowest BCUT2D eigenvalue weighted by molar-refractivity contribution is -0.132. The number of nitrogens with two attached hydrogens (primary N) is 1. The van der Waals surface area contributed by atoms with Gasteiger partial charge in [-0.05, 0) is 18.4 Å². The third-order valence-corrected chi connectivity index (χ3v) is 4.22. The van der Waals surface area contributed by atoms with Crippen molar-refractivity contribution in [2.75, 3.05) is 32.8 Å². The van der Waals surface area contributed by atoms with Crippen LogP contribution in [-0.4, -0.2) is 49.7 Å². The number of ether oxygens (including phenoxy) is 1. The minimum Gasteiger partial charge on any atom is -0.378 e. The predicted octanol–water partition coefficient (Wildman–Crippen LogP) is 0.395. The SMILES string of the molecule is CCNC(=O)C1COCCN1Cc1sccc1C#CCN. The summed E-state index contributed by atoms with van der Waals surface area (Å²) in [5.74, 6) is 6.00. The van der Waals surface area contributed by atoms with Gasteiger partial charge in [0, 0.05) is 30.1 Å². The van der Waals surface area contributed by atoms with Gasteiger partial charge in [-0.25, -0.2) is 0 Å². The molecule has 114 valence electrons. The molecule has 1 aliphatic heterocycles. The van der Waals surface area contributed by atoms with Gasteiger partial charge in [-0.15, -0.1) is 11.3 Å². The maximum atomic E-state index is 12.1. The Morgan fingerprint density at radius 2 is 2.52 bits per heavy atom. The molecule has 1 fully saturated rings. The summed E-state index contributed by atoms with van der Waals surface area (Å²) in [5, 5.41) is 4.90. The summed E-state index contributed by atoms with van der Waals surface area (Å²) >= 11 is 1.66. The molecule has 1 amide bonds. The van der Waals surface area contributed by atoms with Gasteiger partial charge in [0.05, 0.1) is 19.8 Å². The molecule has 21 heavy (non-hydrogen) atoms. The van der Waals surface area contributed by atoms with Gasteiger partial charge in [0.2, 0.25) is 5.91 Å². The van der Waals surface area contributed by atoms with E-state index in [0.29, 0.717) is 26.3 Å².